The van der Waals surface area contributed by atoms with Gasteiger partial charge in [0.25, 0.3) is 0 Å². The summed E-state index contributed by atoms with van der Waals surface area (Å²) in [4.78, 5) is 14.8. The average molecular weight is 250 g/mol. The molecule has 18 heavy (non-hydrogen) atoms. The van der Waals surface area contributed by atoms with Gasteiger partial charge in [0.1, 0.15) is 0 Å². The molecule has 2 aliphatic carbocycles. The van der Waals surface area contributed by atoms with E-state index in [4.69, 9.17) is 0 Å². The number of fused-ring (bicyclic) bond motifs is 2. The fourth-order valence-corrected chi connectivity index (χ4v) is 4.41. The van der Waals surface area contributed by atoms with Crippen LogP contribution < -0.4 is 5.32 Å². The van der Waals surface area contributed by atoms with E-state index in [0.717, 1.165) is 18.3 Å². The Hall–Kier alpha value is -0.570. The van der Waals surface area contributed by atoms with E-state index < -0.39 is 0 Å². The van der Waals surface area contributed by atoms with Gasteiger partial charge in [-0.3, -0.25) is 10.1 Å². The summed E-state index contributed by atoms with van der Waals surface area (Å²) in [6.07, 6.45) is 6.69. The smallest absolute Gasteiger partial charge is 0.241 e. The molecule has 1 heterocycles. The number of carbonyl (C=O) groups is 1. The van der Waals surface area contributed by atoms with E-state index in [1.165, 1.54) is 25.7 Å². The Morgan fingerprint density at radius 1 is 1.39 bits per heavy atom. The van der Waals surface area contributed by atoms with E-state index in [-0.39, 0.29) is 12.2 Å². The van der Waals surface area contributed by atoms with Crippen LogP contribution in [0.2, 0.25) is 0 Å². The largest absolute Gasteiger partial charge is 0.323 e. The van der Waals surface area contributed by atoms with E-state index in [0.29, 0.717) is 17.9 Å². The zero-order valence-electron chi connectivity index (χ0n) is 11.9. The Kier molecular flexibility index (Phi) is 3.13. The lowest BCUT2D eigenvalue weighted by molar-refractivity contribution is -0.133. The fraction of sp³-hybridized carbons (Fsp3) is 0.933. The van der Waals surface area contributed by atoms with Gasteiger partial charge in [-0.25, -0.2) is 0 Å². The Balaban J connectivity index is 1.75. The van der Waals surface area contributed by atoms with Crippen molar-refractivity contribution in [2.75, 3.05) is 0 Å². The number of amides is 1. The van der Waals surface area contributed by atoms with Crippen LogP contribution >= 0.6 is 0 Å². The van der Waals surface area contributed by atoms with Crippen LogP contribution in [-0.4, -0.2) is 29.1 Å². The standard InChI is InChI=1S/C15H26N2O/c1-4-9(2)14-15(18)17(10(3)16-14)13-8-11-5-6-12(13)7-11/h9-14,16H,4-8H2,1-3H3. The summed E-state index contributed by atoms with van der Waals surface area (Å²) in [7, 11) is 0. The molecule has 0 aromatic heterocycles. The third kappa shape index (κ3) is 1.78. The summed E-state index contributed by atoms with van der Waals surface area (Å²) in [5, 5.41) is 3.52. The number of rotatable bonds is 3. The van der Waals surface area contributed by atoms with Crippen LogP contribution in [-0.2, 0) is 4.79 Å². The highest BCUT2D eigenvalue weighted by molar-refractivity contribution is 5.85. The predicted octanol–water partition coefficient (Wildman–Crippen LogP) is 2.37. The third-order valence-corrected chi connectivity index (χ3v) is 5.63. The molecule has 3 fully saturated rings. The molecule has 6 unspecified atom stereocenters. The lowest BCUT2D eigenvalue weighted by Gasteiger charge is -2.34. The van der Waals surface area contributed by atoms with E-state index in [2.05, 4.69) is 31.0 Å². The van der Waals surface area contributed by atoms with Gasteiger partial charge in [0.15, 0.2) is 0 Å². The molecule has 1 aliphatic heterocycles. The molecule has 2 saturated carbocycles. The normalized spacial score (nSPS) is 44.9. The molecule has 6 atom stereocenters. The van der Waals surface area contributed by atoms with Crippen molar-refractivity contribution in [3.63, 3.8) is 0 Å². The van der Waals surface area contributed by atoms with Crippen LogP contribution in [0.3, 0.4) is 0 Å². The van der Waals surface area contributed by atoms with Crippen LogP contribution in [0.5, 0.6) is 0 Å². The van der Waals surface area contributed by atoms with Crippen molar-refractivity contribution in [1.82, 2.24) is 10.2 Å². The summed E-state index contributed by atoms with van der Waals surface area (Å²) in [6.45, 7) is 6.52. The minimum Gasteiger partial charge on any atom is -0.323 e. The zero-order valence-corrected chi connectivity index (χ0v) is 11.9. The maximum atomic E-state index is 12.6. The molecule has 2 bridgehead atoms. The summed E-state index contributed by atoms with van der Waals surface area (Å²) in [5.41, 5.74) is 0. The van der Waals surface area contributed by atoms with Crippen molar-refractivity contribution in [2.45, 2.75) is 71.1 Å². The van der Waals surface area contributed by atoms with Crippen molar-refractivity contribution in [2.24, 2.45) is 17.8 Å². The predicted molar refractivity (Wildman–Crippen MR) is 71.9 cm³/mol. The van der Waals surface area contributed by atoms with Crippen molar-refractivity contribution in [1.29, 1.82) is 0 Å². The molecule has 3 rings (SSSR count). The van der Waals surface area contributed by atoms with E-state index in [1.807, 2.05) is 0 Å². The molecule has 0 aromatic rings. The molecule has 0 aromatic carbocycles. The molecule has 0 spiro atoms. The summed E-state index contributed by atoms with van der Waals surface area (Å²) in [5.74, 6) is 2.51. The molecule has 0 radical (unpaired) electrons. The van der Waals surface area contributed by atoms with Crippen LogP contribution in [0.1, 0.15) is 52.9 Å². The molecule has 3 nitrogen and oxygen atoms in total. The van der Waals surface area contributed by atoms with E-state index in [9.17, 15) is 4.79 Å². The first-order valence-electron chi connectivity index (χ1n) is 7.70. The second kappa shape index (κ2) is 4.52. The van der Waals surface area contributed by atoms with Crippen LogP contribution in [0.25, 0.3) is 0 Å². The Bertz CT molecular complexity index is 343. The van der Waals surface area contributed by atoms with Gasteiger partial charge in [-0.15, -0.1) is 0 Å². The Morgan fingerprint density at radius 3 is 2.72 bits per heavy atom. The number of hydrogen-bond acceptors (Lipinski definition) is 2. The van der Waals surface area contributed by atoms with Gasteiger partial charge >= 0.3 is 0 Å². The number of nitrogens with zero attached hydrogens (tertiary/aromatic N) is 1. The minimum absolute atomic E-state index is 0.0594. The van der Waals surface area contributed by atoms with Crippen LogP contribution in [0.4, 0.5) is 0 Å². The van der Waals surface area contributed by atoms with Gasteiger partial charge in [0.2, 0.25) is 5.91 Å². The topological polar surface area (TPSA) is 32.3 Å². The first-order chi connectivity index (χ1) is 8.61. The number of nitrogens with one attached hydrogen (secondary N) is 1. The summed E-state index contributed by atoms with van der Waals surface area (Å²) in [6, 6.07) is 0.594. The highest BCUT2D eigenvalue weighted by Gasteiger charge is 2.49. The molecular weight excluding hydrogens is 224 g/mol. The summed E-state index contributed by atoms with van der Waals surface area (Å²) >= 11 is 0. The van der Waals surface area contributed by atoms with Gasteiger partial charge in [0, 0.05) is 6.04 Å². The first-order valence-corrected chi connectivity index (χ1v) is 7.70. The zero-order chi connectivity index (χ0) is 12.9. The summed E-state index contributed by atoms with van der Waals surface area (Å²) < 4.78 is 0. The van der Waals surface area contributed by atoms with Gasteiger partial charge in [-0.2, -0.15) is 0 Å². The Morgan fingerprint density at radius 2 is 2.17 bits per heavy atom. The molecule has 3 aliphatic rings. The second-order valence-electron chi connectivity index (χ2n) is 6.69. The maximum Gasteiger partial charge on any atom is 0.241 e. The molecular formula is C15H26N2O. The lowest BCUT2D eigenvalue weighted by atomic mass is 9.93. The van der Waals surface area contributed by atoms with Crippen LogP contribution in [0, 0.1) is 17.8 Å². The Labute approximate surface area is 110 Å². The third-order valence-electron chi connectivity index (χ3n) is 5.63. The number of hydrogen-bond donors (Lipinski definition) is 1. The van der Waals surface area contributed by atoms with E-state index in [1.54, 1.807) is 0 Å². The van der Waals surface area contributed by atoms with Crippen molar-refractivity contribution in [3.8, 4) is 0 Å². The maximum absolute atomic E-state index is 12.6. The van der Waals surface area contributed by atoms with Gasteiger partial charge in [-0.05, 0) is 43.9 Å². The molecule has 1 amide bonds. The van der Waals surface area contributed by atoms with Gasteiger partial charge in [-0.1, -0.05) is 26.7 Å². The van der Waals surface area contributed by atoms with Gasteiger partial charge in [0.05, 0.1) is 12.2 Å². The van der Waals surface area contributed by atoms with Gasteiger partial charge < -0.3 is 4.90 Å². The van der Waals surface area contributed by atoms with Crippen LogP contribution in [0.15, 0.2) is 0 Å². The second-order valence-corrected chi connectivity index (χ2v) is 6.69. The van der Waals surface area contributed by atoms with Crippen molar-refractivity contribution in [3.05, 3.63) is 0 Å². The molecule has 3 heteroatoms. The quantitative estimate of drug-likeness (QED) is 0.834. The monoisotopic (exact) mass is 250 g/mol. The molecule has 1 saturated heterocycles. The SMILES string of the molecule is CCC(C)C1NC(C)N(C2CC3CCC2C3)C1=O. The van der Waals surface area contributed by atoms with Crippen molar-refractivity contribution < 1.29 is 4.79 Å². The van der Waals surface area contributed by atoms with Crippen molar-refractivity contribution >= 4 is 5.91 Å². The molecule has 1 N–H and O–H groups in total. The fourth-order valence-electron chi connectivity index (χ4n) is 4.41. The molecule has 102 valence electrons. The first kappa shape index (κ1) is 12.5. The highest BCUT2D eigenvalue weighted by Crippen LogP contribution is 2.47. The lowest BCUT2D eigenvalue weighted by Crippen LogP contribution is -2.45. The minimum atomic E-state index is 0.0594. The number of carbonyl (C=O) groups excluding carboxylic acids is 1. The average Bonchev–Trinajstić information content (AvgIpc) is 3.03. The highest BCUT2D eigenvalue weighted by atomic mass is 16.2. The van der Waals surface area contributed by atoms with E-state index >= 15 is 0 Å².